The molecule has 2 amide bonds. The Kier molecular flexibility index (Phi) is 4.98. The van der Waals surface area contributed by atoms with E-state index < -0.39 is 5.60 Å². The van der Waals surface area contributed by atoms with Crippen LogP contribution in [0.25, 0.3) is 6.08 Å². The first-order valence-electron chi connectivity index (χ1n) is 7.51. The molecule has 0 unspecified atom stereocenters. The molecule has 1 aliphatic heterocycles. The second-order valence-electron chi connectivity index (χ2n) is 6.38. The smallest absolute Gasteiger partial charge is 0.410 e. The van der Waals surface area contributed by atoms with E-state index in [1.807, 2.05) is 26.8 Å². The minimum Gasteiger partial charge on any atom is -0.444 e. The van der Waals surface area contributed by atoms with Gasteiger partial charge in [-0.25, -0.2) is 4.79 Å². The van der Waals surface area contributed by atoms with Crippen LogP contribution in [0.1, 0.15) is 43.4 Å². The Bertz CT molecular complexity index is 617. The van der Waals surface area contributed by atoms with Crippen LogP contribution in [0.4, 0.5) is 4.79 Å². The molecule has 0 atom stereocenters. The number of hydrogen-bond acceptors (Lipinski definition) is 5. The number of carbonyl (C=O) groups excluding carboxylic acids is 2. The Morgan fingerprint density at radius 2 is 2.04 bits per heavy atom. The molecule has 0 spiro atoms. The van der Waals surface area contributed by atoms with E-state index in [-0.39, 0.29) is 17.7 Å². The number of likely N-dealkylation sites (tertiary alicyclic amines) is 1. The standard InChI is InChI=1S/C16H22N4O3/c1-16(2,3)23-15(22)20-8-7-11(10-20)9-12-5-6-13(19-18-12)14(21)17-4/h5-6,9H,7-8,10H2,1-4H3,(H,17,21)/b11-9-. The molecular weight excluding hydrogens is 296 g/mol. The van der Waals surface area contributed by atoms with Gasteiger partial charge in [0.25, 0.3) is 5.91 Å². The molecule has 1 aromatic rings. The summed E-state index contributed by atoms with van der Waals surface area (Å²) in [7, 11) is 1.55. The second kappa shape index (κ2) is 6.76. The molecule has 2 heterocycles. The first kappa shape index (κ1) is 16.9. The number of nitrogens with zero attached hydrogens (tertiary/aromatic N) is 3. The lowest BCUT2D eigenvalue weighted by Gasteiger charge is -2.23. The number of aromatic nitrogens is 2. The van der Waals surface area contributed by atoms with Gasteiger partial charge < -0.3 is 15.0 Å². The fourth-order valence-corrected chi connectivity index (χ4v) is 2.16. The Hall–Kier alpha value is -2.44. The minimum absolute atomic E-state index is 0.270. The molecule has 1 N–H and O–H groups in total. The van der Waals surface area contributed by atoms with Crippen LogP contribution in [-0.4, -0.2) is 52.8 Å². The maximum atomic E-state index is 12.0. The van der Waals surface area contributed by atoms with Crippen LogP contribution in [-0.2, 0) is 4.74 Å². The van der Waals surface area contributed by atoms with Gasteiger partial charge in [0.2, 0.25) is 0 Å². The van der Waals surface area contributed by atoms with Gasteiger partial charge >= 0.3 is 6.09 Å². The Morgan fingerprint density at radius 3 is 2.61 bits per heavy atom. The average molecular weight is 318 g/mol. The van der Waals surface area contributed by atoms with Gasteiger partial charge in [-0.3, -0.25) is 4.79 Å². The largest absolute Gasteiger partial charge is 0.444 e. The van der Waals surface area contributed by atoms with Crippen LogP contribution in [0.2, 0.25) is 0 Å². The predicted molar refractivity (Wildman–Crippen MR) is 85.8 cm³/mol. The highest BCUT2D eigenvalue weighted by molar-refractivity contribution is 5.91. The van der Waals surface area contributed by atoms with E-state index in [4.69, 9.17) is 4.74 Å². The number of nitrogens with one attached hydrogen (secondary N) is 1. The maximum absolute atomic E-state index is 12.0. The molecule has 124 valence electrons. The Morgan fingerprint density at radius 1 is 1.30 bits per heavy atom. The van der Waals surface area contributed by atoms with Crippen LogP contribution in [0.15, 0.2) is 17.7 Å². The number of carbonyl (C=O) groups is 2. The molecule has 0 aromatic carbocycles. The molecule has 7 heteroatoms. The van der Waals surface area contributed by atoms with Gasteiger partial charge in [-0.15, -0.1) is 5.10 Å². The fraction of sp³-hybridized carbons (Fsp3) is 0.500. The molecule has 0 radical (unpaired) electrons. The van der Waals surface area contributed by atoms with E-state index >= 15 is 0 Å². The summed E-state index contributed by atoms with van der Waals surface area (Å²) in [5.74, 6) is -0.270. The van der Waals surface area contributed by atoms with E-state index in [9.17, 15) is 9.59 Å². The van der Waals surface area contributed by atoms with Crippen molar-refractivity contribution in [3.8, 4) is 0 Å². The molecule has 0 saturated carbocycles. The molecule has 1 aliphatic rings. The number of hydrogen-bond donors (Lipinski definition) is 1. The molecule has 1 aromatic heterocycles. The molecular formula is C16H22N4O3. The van der Waals surface area contributed by atoms with Crippen molar-refractivity contribution in [2.24, 2.45) is 0 Å². The number of rotatable bonds is 2. The highest BCUT2D eigenvalue weighted by Crippen LogP contribution is 2.20. The van der Waals surface area contributed by atoms with Crippen LogP contribution in [0, 0.1) is 0 Å². The third-order valence-electron chi connectivity index (χ3n) is 3.25. The normalized spacial score (nSPS) is 16.5. The molecule has 23 heavy (non-hydrogen) atoms. The topological polar surface area (TPSA) is 84.4 Å². The lowest BCUT2D eigenvalue weighted by atomic mass is 10.2. The average Bonchev–Trinajstić information content (AvgIpc) is 2.94. The van der Waals surface area contributed by atoms with Gasteiger partial charge in [0.05, 0.1) is 5.69 Å². The van der Waals surface area contributed by atoms with Crippen molar-refractivity contribution in [2.45, 2.75) is 32.8 Å². The molecule has 7 nitrogen and oxygen atoms in total. The van der Waals surface area contributed by atoms with Gasteiger partial charge in [-0.1, -0.05) is 0 Å². The van der Waals surface area contributed by atoms with Crippen molar-refractivity contribution in [3.63, 3.8) is 0 Å². The third kappa shape index (κ3) is 4.77. The van der Waals surface area contributed by atoms with Crippen molar-refractivity contribution in [2.75, 3.05) is 20.1 Å². The zero-order valence-corrected chi connectivity index (χ0v) is 13.9. The summed E-state index contributed by atoms with van der Waals surface area (Å²) in [6.07, 6.45) is 2.37. The van der Waals surface area contributed by atoms with Gasteiger partial charge in [-0.2, -0.15) is 5.10 Å². The van der Waals surface area contributed by atoms with Crippen LogP contribution in [0.3, 0.4) is 0 Å². The zero-order chi connectivity index (χ0) is 17.0. The zero-order valence-electron chi connectivity index (χ0n) is 13.9. The molecule has 1 saturated heterocycles. The summed E-state index contributed by atoms with van der Waals surface area (Å²) < 4.78 is 5.36. The maximum Gasteiger partial charge on any atom is 0.410 e. The van der Waals surface area contributed by atoms with Crippen molar-refractivity contribution in [3.05, 3.63) is 29.1 Å². The summed E-state index contributed by atoms with van der Waals surface area (Å²) >= 11 is 0. The van der Waals surface area contributed by atoms with Crippen molar-refractivity contribution in [1.29, 1.82) is 0 Å². The van der Waals surface area contributed by atoms with Crippen molar-refractivity contribution < 1.29 is 14.3 Å². The molecule has 0 bridgehead atoms. The third-order valence-corrected chi connectivity index (χ3v) is 3.25. The number of ether oxygens (including phenoxy) is 1. The minimum atomic E-state index is -0.495. The van der Waals surface area contributed by atoms with Gasteiger partial charge in [-0.05, 0) is 51.0 Å². The lowest BCUT2D eigenvalue weighted by Crippen LogP contribution is -2.34. The van der Waals surface area contributed by atoms with E-state index in [2.05, 4.69) is 15.5 Å². The van der Waals surface area contributed by atoms with Gasteiger partial charge in [0.15, 0.2) is 5.69 Å². The van der Waals surface area contributed by atoms with Gasteiger partial charge in [0.1, 0.15) is 5.60 Å². The molecule has 0 aliphatic carbocycles. The quantitative estimate of drug-likeness (QED) is 0.899. The summed E-state index contributed by atoms with van der Waals surface area (Å²) in [5.41, 5.74) is 1.53. The Labute approximate surface area is 135 Å². The summed E-state index contributed by atoms with van der Waals surface area (Å²) in [6, 6.07) is 3.36. The van der Waals surface area contributed by atoms with Gasteiger partial charge in [0, 0.05) is 20.1 Å². The first-order chi connectivity index (χ1) is 10.8. The van der Waals surface area contributed by atoms with E-state index in [0.29, 0.717) is 18.8 Å². The first-order valence-corrected chi connectivity index (χ1v) is 7.51. The highest BCUT2D eigenvalue weighted by Gasteiger charge is 2.26. The predicted octanol–water partition coefficient (Wildman–Crippen LogP) is 1.86. The molecule has 1 fully saturated rings. The lowest BCUT2D eigenvalue weighted by molar-refractivity contribution is 0.0299. The molecule has 2 rings (SSSR count). The highest BCUT2D eigenvalue weighted by atomic mass is 16.6. The summed E-state index contributed by atoms with van der Waals surface area (Å²) in [4.78, 5) is 25.1. The van der Waals surface area contributed by atoms with Crippen LogP contribution >= 0.6 is 0 Å². The Balaban J connectivity index is 1.99. The second-order valence-corrected chi connectivity index (χ2v) is 6.38. The summed E-state index contributed by atoms with van der Waals surface area (Å²) in [6.45, 7) is 6.70. The van der Waals surface area contributed by atoms with Crippen LogP contribution < -0.4 is 5.32 Å². The van der Waals surface area contributed by atoms with E-state index in [0.717, 1.165) is 12.0 Å². The SMILES string of the molecule is CNC(=O)c1ccc(/C=C2/CCN(C(=O)OC(C)(C)C)C2)nn1. The number of amides is 2. The monoisotopic (exact) mass is 318 g/mol. The van der Waals surface area contributed by atoms with E-state index in [1.165, 1.54) is 0 Å². The van der Waals surface area contributed by atoms with Crippen molar-refractivity contribution in [1.82, 2.24) is 20.4 Å². The fourth-order valence-electron chi connectivity index (χ4n) is 2.16. The van der Waals surface area contributed by atoms with Crippen LogP contribution in [0.5, 0.6) is 0 Å². The van der Waals surface area contributed by atoms with E-state index in [1.54, 1.807) is 24.1 Å². The summed E-state index contributed by atoms with van der Waals surface area (Å²) in [5, 5.41) is 10.4. The van der Waals surface area contributed by atoms with Crippen molar-refractivity contribution >= 4 is 18.1 Å².